The van der Waals surface area contributed by atoms with Crippen molar-refractivity contribution >= 4 is 0 Å². The summed E-state index contributed by atoms with van der Waals surface area (Å²) in [5.74, 6) is 1.35. The quantitative estimate of drug-likeness (QED) is 0.823. The molecule has 0 saturated heterocycles. The minimum Gasteiger partial charge on any atom is -0.454 e. The predicted molar refractivity (Wildman–Crippen MR) is 65.0 cm³/mol. The lowest BCUT2D eigenvalue weighted by Crippen LogP contribution is -2.37. The molecule has 1 aliphatic heterocycles. The largest absolute Gasteiger partial charge is 0.454 e. The standard InChI is InChI=1S/C13H19NO3/c1-13(2,3)12(15)10(14)8-5-4-6-9-11(8)17-7-16-9/h4-6,10,12,15H,7,14H2,1-3H3/t10-,12-/m1/s1. The molecule has 0 aliphatic carbocycles. The SMILES string of the molecule is CC(C)(C)[C@H](O)[C@H](N)c1cccc2c1OCO2. The number of rotatable bonds is 2. The monoisotopic (exact) mass is 237 g/mol. The number of fused-ring (bicyclic) bond motifs is 1. The molecule has 1 aliphatic rings. The molecule has 4 heteroatoms. The molecule has 0 unspecified atom stereocenters. The summed E-state index contributed by atoms with van der Waals surface area (Å²) in [4.78, 5) is 0. The van der Waals surface area contributed by atoms with E-state index >= 15 is 0 Å². The smallest absolute Gasteiger partial charge is 0.231 e. The Labute approximate surface area is 101 Å². The molecule has 0 fully saturated rings. The topological polar surface area (TPSA) is 64.7 Å². The highest BCUT2D eigenvalue weighted by Crippen LogP contribution is 2.40. The van der Waals surface area contributed by atoms with E-state index < -0.39 is 12.1 Å². The summed E-state index contributed by atoms with van der Waals surface area (Å²) < 4.78 is 10.7. The van der Waals surface area contributed by atoms with Crippen LogP contribution in [0.25, 0.3) is 0 Å². The average molecular weight is 237 g/mol. The van der Waals surface area contributed by atoms with Crippen LogP contribution >= 0.6 is 0 Å². The second-order valence-corrected chi connectivity index (χ2v) is 5.42. The zero-order chi connectivity index (χ0) is 12.6. The minimum absolute atomic E-state index is 0.213. The van der Waals surface area contributed by atoms with Crippen molar-refractivity contribution in [1.82, 2.24) is 0 Å². The highest BCUT2D eigenvalue weighted by Gasteiger charge is 2.32. The molecule has 1 aromatic rings. The van der Waals surface area contributed by atoms with Crippen LogP contribution in [0.2, 0.25) is 0 Å². The fraction of sp³-hybridized carbons (Fsp3) is 0.538. The molecular weight excluding hydrogens is 218 g/mol. The Kier molecular flexibility index (Phi) is 3.02. The zero-order valence-electron chi connectivity index (χ0n) is 10.4. The number of benzene rings is 1. The first-order valence-electron chi connectivity index (χ1n) is 5.73. The molecule has 4 nitrogen and oxygen atoms in total. The van der Waals surface area contributed by atoms with Gasteiger partial charge in [-0.3, -0.25) is 0 Å². The van der Waals surface area contributed by atoms with Crippen LogP contribution in [0.5, 0.6) is 11.5 Å². The van der Waals surface area contributed by atoms with Crippen LogP contribution in [0.1, 0.15) is 32.4 Å². The minimum atomic E-state index is -0.641. The summed E-state index contributed by atoms with van der Waals surface area (Å²) in [6.45, 7) is 6.08. The van der Waals surface area contributed by atoms with Crippen molar-refractivity contribution in [2.24, 2.45) is 11.1 Å². The molecule has 3 N–H and O–H groups in total. The molecule has 2 rings (SSSR count). The second kappa shape index (κ2) is 4.20. The van der Waals surface area contributed by atoms with Gasteiger partial charge in [-0.1, -0.05) is 32.9 Å². The maximum atomic E-state index is 10.2. The van der Waals surface area contributed by atoms with Crippen molar-refractivity contribution in [3.05, 3.63) is 23.8 Å². The fourth-order valence-corrected chi connectivity index (χ4v) is 1.92. The number of hydrogen-bond acceptors (Lipinski definition) is 4. The first-order valence-corrected chi connectivity index (χ1v) is 5.73. The molecule has 0 spiro atoms. The Morgan fingerprint density at radius 3 is 2.65 bits per heavy atom. The van der Waals surface area contributed by atoms with Gasteiger partial charge in [0, 0.05) is 5.56 Å². The molecule has 0 bridgehead atoms. The van der Waals surface area contributed by atoms with Crippen molar-refractivity contribution in [2.75, 3.05) is 6.79 Å². The van der Waals surface area contributed by atoms with Gasteiger partial charge in [0.15, 0.2) is 11.5 Å². The Morgan fingerprint density at radius 1 is 1.29 bits per heavy atom. The van der Waals surface area contributed by atoms with Crippen LogP contribution in [0.4, 0.5) is 0 Å². The summed E-state index contributed by atoms with van der Waals surface area (Å²) in [6.07, 6.45) is -0.641. The van der Waals surface area contributed by atoms with E-state index in [4.69, 9.17) is 15.2 Å². The Balaban J connectivity index is 2.32. The van der Waals surface area contributed by atoms with E-state index in [0.29, 0.717) is 11.5 Å². The fourth-order valence-electron chi connectivity index (χ4n) is 1.92. The summed E-state index contributed by atoms with van der Waals surface area (Å²) in [6, 6.07) is 5.08. The van der Waals surface area contributed by atoms with Gasteiger partial charge >= 0.3 is 0 Å². The molecule has 0 amide bonds. The molecule has 0 aromatic heterocycles. The lowest BCUT2D eigenvalue weighted by atomic mass is 9.82. The number of para-hydroxylation sites is 1. The molecule has 2 atom stereocenters. The van der Waals surface area contributed by atoms with Crippen LogP contribution in [0.15, 0.2) is 18.2 Å². The molecule has 0 saturated carbocycles. The molecule has 1 aromatic carbocycles. The van der Waals surface area contributed by atoms with Crippen molar-refractivity contribution in [3.8, 4) is 11.5 Å². The van der Waals surface area contributed by atoms with E-state index in [1.807, 2.05) is 39.0 Å². The number of hydrogen-bond donors (Lipinski definition) is 2. The maximum Gasteiger partial charge on any atom is 0.231 e. The van der Waals surface area contributed by atoms with Crippen LogP contribution in [-0.2, 0) is 0 Å². The molecule has 1 heterocycles. The lowest BCUT2D eigenvalue weighted by molar-refractivity contribution is 0.0393. The number of aliphatic hydroxyl groups is 1. The maximum absolute atomic E-state index is 10.2. The highest BCUT2D eigenvalue weighted by atomic mass is 16.7. The normalized spacial score (nSPS) is 17.9. The van der Waals surface area contributed by atoms with Crippen LogP contribution < -0.4 is 15.2 Å². The predicted octanol–water partition coefficient (Wildman–Crippen LogP) is 1.82. The van der Waals surface area contributed by atoms with Crippen LogP contribution in [0, 0.1) is 5.41 Å². The first-order chi connectivity index (χ1) is 7.91. The van der Waals surface area contributed by atoms with Crippen LogP contribution in [0.3, 0.4) is 0 Å². The summed E-state index contributed by atoms with van der Waals surface area (Å²) in [7, 11) is 0. The van der Waals surface area contributed by atoms with Gasteiger partial charge in [-0.25, -0.2) is 0 Å². The van der Waals surface area contributed by atoms with Gasteiger partial charge in [-0.15, -0.1) is 0 Å². The van der Waals surface area contributed by atoms with Gasteiger partial charge in [0.05, 0.1) is 12.1 Å². The van der Waals surface area contributed by atoms with E-state index in [2.05, 4.69) is 0 Å². The van der Waals surface area contributed by atoms with Gasteiger partial charge in [-0.05, 0) is 11.5 Å². The Hall–Kier alpha value is -1.26. The highest BCUT2D eigenvalue weighted by molar-refractivity contribution is 5.49. The lowest BCUT2D eigenvalue weighted by Gasteiger charge is -2.31. The third-order valence-electron chi connectivity index (χ3n) is 3.01. The second-order valence-electron chi connectivity index (χ2n) is 5.42. The average Bonchev–Trinajstić information content (AvgIpc) is 2.73. The van der Waals surface area contributed by atoms with Crippen molar-refractivity contribution in [2.45, 2.75) is 32.9 Å². The van der Waals surface area contributed by atoms with Gasteiger partial charge in [-0.2, -0.15) is 0 Å². The number of aliphatic hydroxyl groups excluding tert-OH is 1. The van der Waals surface area contributed by atoms with E-state index in [9.17, 15) is 5.11 Å². The third kappa shape index (κ3) is 2.23. The Morgan fingerprint density at radius 2 is 2.00 bits per heavy atom. The van der Waals surface area contributed by atoms with Crippen LogP contribution in [-0.4, -0.2) is 18.0 Å². The van der Waals surface area contributed by atoms with Gasteiger partial charge in [0.1, 0.15) is 0 Å². The van der Waals surface area contributed by atoms with E-state index in [0.717, 1.165) is 5.56 Å². The van der Waals surface area contributed by atoms with Crippen molar-refractivity contribution < 1.29 is 14.6 Å². The summed E-state index contributed by atoms with van der Waals surface area (Å²) in [5, 5.41) is 10.2. The third-order valence-corrected chi connectivity index (χ3v) is 3.01. The van der Waals surface area contributed by atoms with Gasteiger partial charge in [0.2, 0.25) is 6.79 Å². The summed E-state index contributed by atoms with van der Waals surface area (Å²) >= 11 is 0. The van der Waals surface area contributed by atoms with Crippen molar-refractivity contribution in [3.63, 3.8) is 0 Å². The first kappa shape index (κ1) is 12.2. The summed E-state index contributed by atoms with van der Waals surface area (Å²) in [5.41, 5.74) is 6.63. The van der Waals surface area contributed by atoms with E-state index in [1.165, 1.54) is 0 Å². The molecule has 17 heavy (non-hydrogen) atoms. The zero-order valence-corrected chi connectivity index (χ0v) is 10.4. The van der Waals surface area contributed by atoms with Crippen molar-refractivity contribution in [1.29, 1.82) is 0 Å². The molecular formula is C13H19NO3. The Bertz CT molecular complexity index is 412. The van der Waals surface area contributed by atoms with Gasteiger partial charge < -0.3 is 20.3 Å². The molecule has 94 valence electrons. The van der Waals surface area contributed by atoms with E-state index in [-0.39, 0.29) is 12.2 Å². The molecule has 0 radical (unpaired) electrons. The number of nitrogens with two attached hydrogens (primary N) is 1. The van der Waals surface area contributed by atoms with Gasteiger partial charge in [0.25, 0.3) is 0 Å². The number of ether oxygens (including phenoxy) is 2. The van der Waals surface area contributed by atoms with E-state index in [1.54, 1.807) is 0 Å².